The van der Waals surface area contributed by atoms with Gasteiger partial charge in [0.2, 0.25) is 0 Å². The molecule has 0 aromatic carbocycles. The fourth-order valence-corrected chi connectivity index (χ4v) is 1.23. The molecule has 1 aromatic rings. The van der Waals surface area contributed by atoms with Crippen LogP contribution in [0.3, 0.4) is 0 Å². The Bertz CT molecular complexity index is 464. The molecule has 0 radical (unpaired) electrons. The standard InChI is InChI=1S/C9H17N5O3/c1-5(10)4-12-6-7(11-2-3-15)13-9(17)14-8(6)16/h5,12,15H,2-4,10H2,1H3,(H3,11,13,14,16,17). The molecular formula is C9H17N5O3. The second-order valence-corrected chi connectivity index (χ2v) is 3.67. The van der Waals surface area contributed by atoms with Crippen LogP contribution in [0.4, 0.5) is 11.5 Å². The van der Waals surface area contributed by atoms with E-state index in [1.807, 2.05) is 0 Å². The van der Waals surface area contributed by atoms with E-state index in [4.69, 9.17) is 10.8 Å². The van der Waals surface area contributed by atoms with Crippen molar-refractivity contribution in [3.8, 4) is 0 Å². The van der Waals surface area contributed by atoms with E-state index in [1.165, 1.54) is 0 Å². The zero-order chi connectivity index (χ0) is 12.8. The number of H-pyrrole nitrogens is 2. The van der Waals surface area contributed by atoms with Crippen LogP contribution in [0.15, 0.2) is 9.59 Å². The number of anilines is 2. The summed E-state index contributed by atoms with van der Waals surface area (Å²) in [5.41, 5.74) is 4.63. The molecule has 0 fully saturated rings. The van der Waals surface area contributed by atoms with Crippen molar-refractivity contribution in [2.75, 3.05) is 30.3 Å². The molecule has 1 rings (SSSR count). The van der Waals surface area contributed by atoms with Gasteiger partial charge in [-0.2, -0.15) is 0 Å². The SMILES string of the molecule is CC(N)CNc1c(NCCO)[nH]c(=O)[nH]c1=O. The molecule has 96 valence electrons. The highest BCUT2D eigenvalue weighted by Crippen LogP contribution is 2.09. The lowest BCUT2D eigenvalue weighted by molar-refractivity contribution is 0.311. The smallest absolute Gasteiger partial charge is 0.327 e. The van der Waals surface area contributed by atoms with Crippen LogP contribution in [0, 0.1) is 0 Å². The summed E-state index contributed by atoms with van der Waals surface area (Å²) in [6, 6.07) is -0.132. The van der Waals surface area contributed by atoms with Gasteiger partial charge in [-0.3, -0.25) is 14.8 Å². The van der Waals surface area contributed by atoms with Gasteiger partial charge >= 0.3 is 5.69 Å². The molecule has 8 heteroatoms. The number of aliphatic hydroxyl groups excluding tert-OH is 1. The van der Waals surface area contributed by atoms with Crippen molar-refractivity contribution in [2.24, 2.45) is 5.73 Å². The first-order valence-electron chi connectivity index (χ1n) is 5.25. The number of aromatic amines is 2. The minimum absolute atomic E-state index is 0.110. The Balaban J connectivity index is 2.98. The third kappa shape index (κ3) is 3.93. The topological polar surface area (TPSA) is 136 Å². The number of aliphatic hydroxyl groups is 1. The summed E-state index contributed by atoms with van der Waals surface area (Å²) in [5, 5.41) is 14.3. The lowest BCUT2D eigenvalue weighted by atomic mass is 10.3. The minimum Gasteiger partial charge on any atom is -0.395 e. The van der Waals surface area contributed by atoms with Gasteiger partial charge in [0, 0.05) is 19.1 Å². The van der Waals surface area contributed by atoms with Crippen LogP contribution in [0.5, 0.6) is 0 Å². The molecule has 0 saturated carbocycles. The number of rotatable bonds is 6. The molecule has 0 saturated heterocycles. The summed E-state index contributed by atoms with van der Waals surface area (Å²) in [7, 11) is 0. The van der Waals surface area contributed by atoms with Gasteiger partial charge in [-0.15, -0.1) is 0 Å². The Morgan fingerprint density at radius 1 is 1.35 bits per heavy atom. The highest BCUT2D eigenvalue weighted by atomic mass is 16.3. The maximum Gasteiger partial charge on any atom is 0.327 e. The van der Waals surface area contributed by atoms with E-state index in [-0.39, 0.29) is 30.7 Å². The molecule has 17 heavy (non-hydrogen) atoms. The van der Waals surface area contributed by atoms with E-state index in [2.05, 4.69) is 20.6 Å². The van der Waals surface area contributed by atoms with Crippen molar-refractivity contribution in [1.29, 1.82) is 0 Å². The first-order chi connectivity index (χ1) is 8.04. The van der Waals surface area contributed by atoms with Crippen molar-refractivity contribution in [3.63, 3.8) is 0 Å². The monoisotopic (exact) mass is 243 g/mol. The maximum atomic E-state index is 11.6. The van der Waals surface area contributed by atoms with Crippen molar-refractivity contribution in [1.82, 2.24) is 9.97 Å². The number of nitrogens with two attached hydrogens (primary N) is 1. The highest BCUT2D eigenvalue weighted by Gasteiger charge is 2.09. The molecule has 0 spiro atoms. The van der Waals surface area contributed by atoms with Crippen molar-refractivity contribution in [3.05, 3.63) is 20.8 Å². The van der Waals surface area contributed by atoms with Crippen LogP contribution in [-0.4, -0.2) is 40.8 Å². The summed E-state index contributed by atoms with van der Waals surface area (Å²) in [6.07, 6.45) is 0. The fourth-order valence-electron chi connectivity index (χ4n) is 1.23. The first-order valence-corrected chi connectivity index (χ1v) is 5.25. The molecule has 1 heterocycles. The Morgan fingerprint density at radius 3 is 2.65 bits per heavy atom. The quantitative estimate of drug-likeness (QED) is 0.350. The van der Waals surface area contributed by atoms with Gasteiger partial charge in [-0.05, 0) is 6.92 Å². The van der Waals surface area contributed by atoms with E-state index in [9.17, 15) is 9.59 Å². The fraction of sp³-hybridized carbons (Fsp3) is 0.556. The van der Waals surface area contributed by atoms with Crippen LogP contribution in [-0.2, 0) is 0 Å². The van der Waals surface area contributed by atoms with Crippen LogP contribution in [0.1, 0.15) is 6.92 Å². The van der Waals surface area contributed by atoms with Crippen LogP contribution < -0.4 is 27.6 Å². The third-order valence-corrected chi connectivity index (χ3v) is 1.96. The molecule has 1 atom stereocenters. The van der Waals surface area contributed by atoms with Gasteiger partial charge in [0.15, 0.2) is 0 Å². The Kier molecular flexibility index (Phi) is 4.73. The van der Waals surface area contributed by atoms with Crippen LogP contribution >= 0.6 is 0 Å². The predicted molar refractivity (Wildman–Crippen MR) is 65.4 cm³/mol. The van der Waals surface area contributed by atoms with Gasteiger partial charge < -0.3 is 21.5 Å². The molecule has 0 aliphatic rings. The molecule has 0 amide bonds. The van der Waals surface area contributed by atoms with E-state index in [1.54, 1.807) is 6.92 Å². The van der Waals surface area contributed by atoms with Gasteiger partial charge in [0.1, 0.15) is 11.5 Å². The van der Waals surface area contributed by atoms with Gasteiger partial charge in [0.25, 0.3) is 5.56 Å². The Hall–Kier alpha value is -1.80. The molecule has 0 aliphatic heterocycles. The van der Waals surface area contributed by atoms with Crippen LogP contribution in [0.2, 0.25) is 0 Å². The van der Waals surface area contributed by atoms with E-state index < -0.39 is 11.2 Å². The Morgan fingerprint density at radius 2 is 2.06 bits per heavy atom. The van der Waals surface area contributed by atoms with Crippen molar-refractivity contribution in [2.45, 2.75) is 13.0 Å². The molecular weight excluding hydrogens is 226 g/mol. The van der Waals surface area contributed by atoms with Gasteiger partial charge in [0.05, 0.1) is 6.61 Å². The largest absolute Gasteiger partial charge is 0.395 e. The van der Waals surface area contributed by atoms with E-state index in [0.29, 0.717) is 6.54 Å². The van der Waals surface area contributed by atoms with Gasteiger partial charge in [-0.1, -0.05) is 0 Å². The second kappa shape index (κ2) is 6.06. The molecule has 1 unspecified atom stereocenters. The highest BCUT2D eigenvalue weighted by molar-refractivity contribution is 5.62. The average molecular weight is 243 g/mol. The normalized spacial score (nSPS) is 12.2. The number of hydrogen-bond donors (Lipinski definition) is 6. The second-order valence-electron chi connectivity index (χ2n) is 3.67. The van der Waals surface area contributed by atoms with E-state index in [0.717, 1.165) is 0 Å². The summed E-state index contributed by atoms with van der Waals surface area (Å²) in [4.78, 5) is 27.2. The number of hydrogen-bond acceptors (Lipinski definition) is 6. The molecule has 8 nitrogen and oxygen atoms in total. The molecule has 7 N–H and O–H groups in total. The first kappa shape index (κ1) is 13.3. The third-order valence-electron chi connectivity index (χ3n) is 1.96. The summed E-state index contributed by atoms with van der Waals surface area (Å²) >= 11 is 0. The summed E-state index contributed by atoms with van der Waals surface area (Å²) in [6.45, 7) is 2.30. The zero-order valence-corrected chi connectivity index (χ0v) is 9.54. The minimum atomic E-state index is -0.609. The predicted octanol–water partition coefficient (Wildman–Crippen LogP) is -1.77. The molecule has 0 aliphatic carbocycles. The van der Waals surface area contributed by atoms with Crippen molar-refractivity contribution < 1.29 is 5.11 Å². The maximum absolute atomic E-state index is 11.6. The lowest BCUT2D eigenvalue weighted by Gasteiger charge is -2.12. The molecule has 0 bridgehead atoms. The average Bonchev–Trinajstić information content (AvgIpc) is 2.24. The Labute approximate surface area is 97.3 Å². The van der Waals surface area contributed by atoms with Gasteiger partial charge in [-0.25, -0.2) is 4.79 Å². The summed E-state index contributed by atoms with van der Waals surface area (Å²) in [5.74, 6) is 0.244. The number of nitrogens with one attached hydrogen (secondary N) is 4. The van der Waals surface area contributed by atoms with Crippen molar-refractivity contribution >= 4 is 11.5 Å². The van der Waals surface area contributed by atoms with E-state index >= 15 is 0 Å². The summed E-state index contributed by atoms with van der Waals surface area (Å²) < 4.78 is 0. The molecule has 1 aromatic heterocycles. The zero-order valence-electron chi connectivity index (χ0n) is 9.54. The van der Waals surface area contributed by atoms with Crippen LogP contribution in [0.25, 0.3) is 0 Å². The number of aromatic nitrogens is 2. The lowest BCUT2D eigenvalue weighted by Crippen LogP contribution is -2.32.